The van der Waals surface area contributed by atoms with E-state index in [1.807, 2.05) is 36.4 Å². The molecular weight excluding hydrogens is 604 g/mol. The number of ether oxygens (including phenoxy) is 2. The van der Waals surface area contributed by atoms with Gasteiger partial charge in [-0.3, -0.25) is 14.9 Å². The van der Waals surface area contributed by atoms with E-state index in [-0.39, 0.29) is 23.7 Å². The summed E-state index contributed by atoms with van der Waals surface area (Å²) in [5.41, 5.74) is 2.02. The fraction of sp³-hybridized carbons (Fsp3) is 0.0645. The minimum absolute atomic E-state index is 0.0116. The molecule has 6 aromatic rings. The van der Waals surface area contributed by atoms with E-state index >= 15 is 0 Å². The highest BCUT2D eigenvalue weighted by molar-refractivity contribution is 9.10. The lowest BCUT2D eigenvalue weighted by Crippen LogP contribution is -2.20. The third kappa shape index (κ3) is 5.25. The second-order valence-corrected chi connectivity index (χ2v) is 10.1. The molecule has 2 aromatic heterocycles. The largest absolute Gasteiger partial charge is 0.493 e. The fourth-order valence-corrected chi connectivity index (χ4v) is 4.92. The summed E-state index contributed by atoms with van der Waals surface area (Å²) in [4.78, 5) is 28.9. The zero-order chi connectivity index (χ0) is 29.2. The molecule has 0 atom stereocenters. The first-order valence-corrected chi connectivity index (χ1v) is 13.5. The second-order valence-electron chi connectivity index (χ2n) is 9.20. The summed E-state index contributed by atoms with van der Waals surface area (Å²) >= 11 is 3.49. The van der Waals surface area contributed by atoms with Crippen LogP contribution in [0.3, 0.4) is 0 Å². The Balaban J connectivity index is 1.44. The summed E-state index contributed by atoms with van der Waals surface area (Å²) in [6.45, 7) is 0.110. The predicted molar refractivity (Wildman–Crippen MR) is 162 cm³/mol. The lowest BCUT2D eigenvalue weighted by atomic mass is 10.2. The van der Waals surface area contributed by atoms with Gasteiger partial charge in [-0.15, -0.1) is 0 Å². The van der Waals surface area contributed by atoms with Gasteiger partial charge in [0.1, 0.15) is 12.2 Å². The van der Waals surface area contributed by atoms with Crippen LogP contribution >= 0.6 is 15.9 Å². The number of nitrogens with zero attached hydrogens (tertiary/aromatic N) is 4. The summed E-state index contributed by atoms with van der Waals surface area (Å²) < 4.78 is 19.6. The van der Waals surface area contributed by atoms with Crippen LogP contribution in [0.4, 0.5) is 5.69 Å². The molecule has 0 amide bonds. The van der Waals surface area contributed by atoms with Crippen LogP contribution in [-0.2, 0) is 6.61 Å². The average Bonchev–Trinajstić information content (AvgIpc) is 3.44. The minimum Gasteiger partial charge on any atom is -0.493 e. The van der Waals surface area contributed by atoms with Gasteiger partial charge in [0.2, 0.25) is 5.82 Å². The van der Waals surface area contributed by atoms with E-state index in [2.05, 4.69) is 21.0 Å². The topological polar surface area (TPSA) is 122 Å². The number of para-hydroxylation sites is 2. The highest BCUT2D eigenvalue weighted by atomic mass is 79.9. The van der Waals surface area contributed by atoms with Crippen LogP contribution in [0.5, 0.6) is 11.5 Å². The van der Waals surface area contributed by atoms with Gasteiger partial charge in [-0.1, -0.05) is 46.3 Å². The number of benzene rings is 4. The van der Waals surface area contributed by atoms with Gasteiger partial charge in [0.25, 0.3) is 11.2 Å². The van der Waals surface area contributed by atoms with Crippen LogP contribution < -0.4 is 15.0 Å². The molecule has 0 fully saturated rings. The lowest BCUT2D eigenvalue weighted by molar-refractivity contribution is -0.384. The van der Waals surface area contributed by atoms with Gasteiger partial charge in [-0.2, -0.15) is 9.78 Å². The zero-order valence-corrected chi connectivity index (χ0v) is 23.6. The van der Waals surface area contributed by atoms with Crippen molar-refractivity contribution in [1.82, 2.24) is 9.66 Å². The number of halogens is 1. The van der Waals surface area contributed by atoms with Crippen LogP contribution in [0.15, 0.2) is 110 Å². The molecule has 2 heterocycles. The van der Waals surface area contributed by atoms with Crippen molar-refractivity contribution in [1.29, 1.82) is 0 Å². The number of hydrogen-bond donors (Lipinski definition) is 0. The van der Waals surface area contributed by atoms with Crippen molar-refractivity contribution in [3.8, 4) is 23.1 Å². The molecule has 11 heteroatoms. The maximum Gasteiger partial charge on any atom is 0.282 e. The van der Waals surface area contributed by atoms with E-state index in [9.17, 15) is 14.9 Å². The summed E-state index contributed by atoms with van der Waals surface area (Å²) in [7, 11) is 1.51. The molecule has 0 saturated heterocycles. The summed E-state index contributed by atoms with van der Waals surface area (Å²) in [6.07, 6.45) is 1.49. The number of aromatic nitrogens is 2. The Kier molecular flexibility index (Phi) is 7.24. The molecule has 10 nitrogen and oxygen atoms in total. The first-order chi connectivity index (χ1) is 20.4. The Labute approximate surface area is 246 Å². The fourth-order valence-electron chi connectivity index (χ4n) is 4.46. The number of methoxy groups -OCH3 is 1. The first-order valence-electron chi connectivity index (χ1n) is 12.7. The van der Waals surface area contributed by atoms with Crippen molar-refractivity contribution in [2.45, 2.75) is 6.61 Å². The Bertz CT molecular complexity index is 2020. The number of nitro groups is 1. The number of rotatable bonds is 8. The molecule has 0 radical (unpaired) electrons. The Morgan fingerprint density at radius 2 is 1.81 bits per heavy atom. The van der Waals surface area contributed by atoms with Gasteiger partial charge in [-0.05, 0) is 54.1 Å². The molecule has 0 N–H and O–H groups in total. The van der Waals surface area contributed by atoms with Gasteiger partial charge in [0.05, 0.1) is 29.2 Å². The summed E-state index contributed by atoms with van der Waals surface area (Å²) in [5.74, 6) is 1.42. The zero-order valence-electron chi connectivity index (χ0n) is 22.1. The molecule has 0 saturated carbocycles. The van der Waals surface area contributed by atoms with E-state index in [1.165, 1.54) is 30.1 Å². The molecule has 0 unspecified atom stereocenters. The number of hydrogen-bond acceptors (Lipinski definition) is 8. The van der Waals surface area contributed by atoms with Gasteiger partial charge in [0.15, 0.2) is 17.3 Å². The Morgan fingerprint density at radius 3 is 2.57 bits per heavy atom. The molecule has 42 heavy (non-hydrogen) atoms. The lowest BCUT2D eigenvalue weighted by Gasteiger charge is -2.14. The SMILES string of the molecule is COc1cc(Br)cc(C=Nn2c(-c3cc4ccccc4o3)nc3ccccc3c2=O)c1OCc1ccc([N+](=O)[O-])cc1. The Morgan fingerprint density at radius 1 is 1.05 bits per heavy atom. The minimum atomic E-state index is -0.458. The first kappa shape index (κ1) is 26.9. The quantitative estimate of drug-likeness (QED) is 0.102. The van der Waals surface area contributed by atoms with Crippen molar-refractivity contribution in [3.63, 3.8) is 0 Å². The van der Waals surface area contributed by atoms with E-state index in [1.54, 1.807) is 42.5 Å². The summed E-state index contributed by atoms with van der Waals surface area (Å²) in [5, 5.41) is 16.8. The van der Waals surface area contributed by atoms with Crippen LogP contribution in [0.1, 0.15) is 11.1 Å². The predicted octanol–water partition coefficient (Wildman–Crippen LogP) is 6.95. The van der Waals surface area contributed by atoms with Crippen LogP contribution in [0.2, 0.25) is 0 Å². The molecule has 0 aliphatic rings. The molecule has 0 bridgehead atoms. The van der Waals surface area contributed by atoms with Gasteiger partial charge in [0, 0.05) is 27.6 Å². The van der Waals surface area contributed by atoms with Crippen molar-refractivity contribution >= 4 is 49.7 Å². The van der Waals surface area contributed by atoms with Crippen LogP contribution in [-0.4, -0.2) is 27.9 Å². The average molecular weight is 625 g/mol. The maximum absolute atomic E-state index is 13.7. The summed E-state index contributed by atoms with van der Waals surface area (Å²) in [6, 6.07) is 26.0. The monoisotopic (exact) mass is 624 g/mol. The van der Waals surface area contributed by atoms with Crippen LogP contribution in [0.25, 0.3) is 33.5 Å². The molecule has 0 aliphatic carbocycles. The highest BCUT2D eigenvalue weighted by Crippen LogP contribution is 2.35. The third-order valence-electron chi connectivity index (χ3n) is 6.51. The molecule has 6 rings (SSSR count). The van der Waals surface area contributed by atoms with E-state index < -0.39 is 4.92 Å². The number of nitro benzene ring substituents is 1. The normalized spacial score (nSPS) is 11.4. The van der Waals surface area contributed by atoms with Gasteiger partial charge >= 0.3 is 0 Å². The molecule has 4 aromatic carbocycles. The number of fused-ring (bicyclic) bond motifs is 2. The number of furan rings is 1. The van der Waals surface area contributed by atoms with Gasteiger partial charge in [-0.25, -0.2) is 4.98 Å². The van der Waals surface area contributed by atoms with Crippen molar-refractivity contribution in [3.05, 3.63) is 127 Å². The third-order valence-corrected chi connectivity index (χ3v) is 6.97. The van der Waals surface area contributed by atoms with Crippen molar-refractivity contribution < 1.29 is 18.8 Å². The van der Waals surface area contributed by atoms with Crippen LogP contribution in [0, 0.1) is 10.1 Å². The second kappa shape index (κ2) is 11.3. The van der Waals surface area contributed by atoms with E-state index in [0.29, 0.717) is 43.8 Å². The smallest absolute Gasteiger partial charge is 0.282 e. The molecule has 0 spiro atoms. The van der Waals surface area contributed by atoms with Crippen molar-refractivity contribution in [2.75, 3.05) is 7.11 Å². The van der Waals surface area contributed by atoms with Gasteiger partial charge < -0.3 is 13.9 Å². The molecule has 208 valence electrons. The molecule has 0 aliphatic heterocycles. The Hall–Kier alpha value is -5.29. The van der Waals surface area contributed by atoms with E-state index in [0.717, 1.165) is 10.9 Å². The highest BCUT2D eigenvalue weighted by Gasteiger charge is 2.18. The van der Waals surface area contributed by atoms with E-state index in [4.69, 9.17) is 18.9 Å². The molecular formula is C31H21BrN4O6. The maximum atomic E-state index is 13.7. The number of non-ortho nitro benzene ring substituents is 1. The van der Waals surface area contributed by atoms with Crippen molar-refractivity contribution in [2.24, 2.45) is 5.10 Å². The standard InChI is InChI=1S/C31H21BrN4O6/c1-40-27-16-22(32)14-21(29(27)41-18-19-10-12-23(13-11-19)36(38)39)17-33-35-30(28-15-20-6-2-5-9-26(20)42-28)34-25-8-4-3-7-24(25)31(35)37/h2-17H,18H2,1H3.